The molecule has 0 saturated carbocycles. The van der Waals surface area contributed by atoms with Gasteiger partial charge in [0.25, 0.3) is 5.56 Å². The van der Waals surface area contributed by atoms with Gasteiger partial charge in [0, 0.05) is 40.2 Å². The summed E-state index contributed by atoms with van der Waals surface area (Å²) in [4.78, 5) is 37.2. The highest BCUT2D eigenvalue weighted by atomic mass is 16.2. The van der Waals surface area contributed by atoms with Crippen molar-refractivity contribution in [3.8, 4) is 0 Å². The Hall–Kier alpha value is -2.42. The van der Waals surface area contributed by atoms with Crippen LogP contribution in [0, 0.1) is 0 Å². The van der Waals surface area contributed by atoms with Crippen LogP contribution in [0.1, 0.15) is 6.92 Å². The van der Waals surface area contributed by atoms with E-state index in [9.17, 15) is 9.59 Å². The second kappa shape index (κ2) is 5.17. The number of nitrogens with one attached hydrogen (secondary N) is 3. The van der Waals surface area contributed by atoms with Crippen molar-refractivity contribution in [3.05, 3.63) is 10.4 Å². The van der Waals surface area contributed by atoms with Gasteiger partial charge in [-0.05, 0) is 0 Å². The molecule has 0 radical (unpaired) electrons. The lowest BCUT2D eigenvalue weighted by Gasteiger charge is -2.26. The quantitative estimate of drug-likeness (QED) is 0.657. The molecule has 3 N–H and O–H groups in total. The van der Waals surface area contributed by atoms with Crippen molar-refractivity contribution in [1.82, 2.24) is 24.8 Å². The number of aromatic nitrogens is 4. The molecule has 1 aliphatic heterocycles. The topological polar surface area (TPSA) is 108 Å². The number of imidazole rings is 1. The molecule has 112 valence electrons. The monoisotopic (exact) mass is 291 g/mol. The average Bonchev–Trinajstić information content (AvgIpc) is 2.89. The molecule has 0 aliphatic carbocycles. The first kappa shape index (κ1) is 13.6. The second-order valence-corrected chi connectivity index (χ2v) is 4.98. The summed E-state index contributed by atoms with van der Waals surface area (Å²) in [6.07, 6.45) is 0. The largest absolute Gasteiger partial charge is 0.340 e. The third kappa shape index (κ3) is 2.47. The van der Waals surface area contributed by atoms with Crippen molar-refractivity contribution in [3.63, 3.8) is 0 Å². The van der Waals surface area contributed by atoms with Gasteiger partial charge in [-0.25, -0.2) is 0 Å². The third-order valence-corrected chi connectivity index (χ3v) is 3.42. The molecule has 9 nitrogen and oxygen atoms in total. The number of rotatable bonds is 2. The zero-order chi connectivity index (χ0) is 15.0. The fraction of sp³-hybridized carbons (Fsp3) is 0.500. The van der Waals surface area contributed by atoms with Crippen molar-refractivity contribution >= 4 is 29.0 Å². The molecule has 9 heteroatoms. The number of carbonyl (C=O) groups is 1. The number of hydrogen-bond donors (Lipinski definition) is 3. The lowest BCUT2D eigenvalue weighted by molar-refractivity contribution is -0.114. The third-order valence-electron chi connectivity index (χ3n) is 3.42. The molecule has 0 aromatic carbocycles. The van der Waals surface area contributed by atoms with Crippen molar-refractivity contribution < 1.29 is 4.79 Å². The average molecular weight is 291 g/mol. The van der Waals surface area contributed by atoms with Gasteiger partial charge < -0.3 is 15.2 Å². The number of nitrogens with zero attached hydrogens (tertiary/aromatic N) is 4. The molecular formula is C12H17N7O2. The Bertz CT molecular complexity index is 742. The fourth-order valence-corrected chi connectivity index (χ4v) is 2.32. The van der Waals surface area contributed by atoms with Crippen LogP contribution in [0.5, 0.6) is 0 Å². The first-order valence-electron chi connectivity index (χ1n) is 6.76. The van der Waals surface area contributed by atoms with Crippen molar-refractivity contribution in [2.75, 3.05) is 36.4 Å². The number of anilines is 2. The number of hydrogen-bond acceptors (Lipinski definition) is 6. The normalized spacial score (nSPS) is 15.4. The van der Waals surface area contributed by atoms with Crippen molar-refractivity contribution in [1.29, 1.82) is 0 Å². The molecule has 2 aromatic rings. The number of piperazine rings is 1. The molecule has 2 aromatic heterocycles. The Morgan fingerprint density at radius 1 is 1.29 bits per heavy atom. The summed E-state index contributed by atoms with van der Waals surface area (Å²) in [5, 5.41) is 5.79. The van der Waals surface area contributed by atoms with Gasteiger partial charge >= 0.3 is 0 Å². The maximum Gasteiger partial charge on any atom is 0.280 e. The molecule has 1 aliphatic rings. The van der Waals surface area contributed by atoms with Crippen molar-refractivity contribution in [2.45, 2.75) is 6.92 Å². The molecule has 0 bridgehead atoms. The minimum Gasteiger partial charge on any atom is -0.340 e. The Morgan fingerprint density at radius 3 is 2.67 bits per heavy atom. The summed E-state index contributed by atoms with van der Waals surface area (Å²) in [5.74, 6) is 0.546. The predicted octanol–water partition coefficient (Wildman–Crippen LogP) is -0.975. The van der Waals surface area contributed by atoms with E-state index in [-0.39, 0.29) is 17.4 Å². The highest BCUT2D eigenvalue weighted by Gasteiger charge is 2.18. The van der Waals surface area contributed by atoms with Crippen LogP contribution in [0.3, 0.4) is 0 Å². The standard InChI is InChI=1S/C12H17N7O2/c1-7(20)14-11-16-9-8(10(21)18(11)2)15-12(17-9)19-5-3-13-4-6-19/h13H,3-6H2,1-2H3,(H,15,17)(H,14,16,20). The lowest BCUT2D eigenvalue weighted by Crippen LogP contribution is -2.44. The minimum atomic E-state index is -0.283. The summed E-state index contributed by atoms with van der Waals surface area (Å²) in [5.41, 5.74) is 0.396. The molecule has 1 amide bonds. The van der Waals surface area contributed by atoms with E-state index in [1.807, 2.05) is 0 Å². The molecule has 1 saturated heterocycles. The zero-order valence-corrected chi connectivity index (χ0v) is 11.9. The molecule has 0 spiro atoms. The second-order valence-electron chi connectivity index (χ2n) is 4.98. The predicted molar refractivity (Wildman–Crippen MR) is 78.5 cm³/mol. The van der Waals surface area contributed by atoms with Crippen LogP contribution in [-0.2, 0) is 11.8 Å². The Labute approximate surface area is 120 Å². The molecule has 3 rings (SSSR count). The Kier molecular flexibility index (Phi) is 3.34. The minimum absolute atomic E-state index is 0.193. The maximum atomic E-state index is 12.3. The van der Waals surface area contributed by atoms with Gasteiger partial charge in [-0.3, -0.25) is 19.5 Å². The lowest BCUT2D eigenvalue weighted by atomic mass is 10.4. The van der Waals surface area contributed by atoms with E-state index in [2.05, 4.69) is 30.5 Å². The molecule has 1 fully saturated rings. The van der Waals surface area contributed by atoms with Gasteiger partial charge in [0.2, 0.25) is 17.8 Å². The Morgan fingerprint density at radius 2 is 2.00 bits per heavy atom. The maximum absolute atomic E-state index is 12.3. The van der Waals surface area contributed by atoms with E-state index in [4.69, 9.17) is 0 Å². The number of amides is 1. The molecule has 3 heterocycles. The zero-order valence-electron chi connectivity index (χ0n) is 11.9. The van der Waals surface area contributed by atoms with Gasteiger partial charge in [0.1, 0.15) is 0 Å². The highest BCUT2D eigenvalue weighted by Crippen LogP contribution is 2.15. The van der Waals surface area contributed by atoms with Gasteiger partial charge in [0.15, 0.2) is 11.2 Å². The van der Waals surface area contributed by atoms with Gasteiger partial charge in [-0.1, -0.05) is 0 Å². The Balaban J connectivity index is 2.06. The van der Waals surface area contributed by atoms with Crippen LogP contribution in [-0.4, -0.2) is 51.6 Å². The van der Waals surface area contributed by atoms with Crippen LogP contribution in [0.15, 0.2) is 4.79 Å². The van der Waals surface area contributed by atoms with Gasteiger partial charge in [-0.2, -0.15) is 9.97 Å². The number of fused-ring (bicyclic) bond motifs is 1. The van der Waals surface area contributed by atoms with E-state index in [0.717, 1.165) is 26.2 Å². The first-order chi connectivity index (χ1) is 10.1. The highest BCUT2D eigenvalue weighted by molar-refractivity contribution is 5.87. The smallest absolute Gasteiger partial charge is 0.280 e. The van der Waals surface area contributed by atoms with Gasteiger partial charge in [-0.15, -0.1) is 0 Å². The van der Waals surface area contributed by atoms with Crippen LogP contribution < -0.4 is 21.1 Å². The van der Waals surface area contributed by atoms with Crippen LogP contribution >= 0.6 is 0 Å². The molecular weight excluding hydrogens is 274 g/mol. The fourth-order valence-electron chi connectivity index (χ4n) is 2.32. The summed E-state index contributed by atoms with van der Waals surface area (Å²) < 4.78 is 1.30. The van der Waals surface area contributed by atoms with E-state index in [1.54, 1.807) is 7.05 Å². The summed E-state index contributed by atoms with van der Waals surface area (Å²) in [6.45, 7) is 4.75. The molecule has 21 heavy (non-hydrogen) atoms. The van der Waals surface area contributed by atoms with E-state index in [1.165, 1.54) is 11.5 Å². The summed E-state index contributed by atoms with van der Waals surface area (Å²) in [7, 11) is 1.56. The van der Waals surface area contributed by atoms with Crippen LogP contribution in [0.4, 0.5) is 11.9 Å². The van der Waals surface area contributed by atoms with Crippen LogP contribution in [0.2, 0.25) is 0 Å². The van der Waals surface area contributed by atoms with Crippen LogP contribution in [0.25, 0.3) is 11.2 Å². The SMILES string of the molecule is CC(=O)Nc1nc2nc(N3CCNCC3)[nH]c2c(=O)n1C. The summed E-state index contributed by atoms with van der Waals surface area (Å²) >= 11 is 0. The molecule has 0 unspecified atom stereocenters. The van der Waals surface area contributed by atoms with Crippen molar-refractivity contribution in [2.24, 2.45) is 7.05 Å². The summed E-state index contributed by atoms with van der Waals surface area (Å²) in [6, 6.07) is 0. The van der Waals surface area contributed by atoms with Gasteiger partial charge in [0.05, 0.1) is 0 Å². The van der Waals surface area contributed by atoms with E-state index < -0.39 is 0 Å². The number of carbonyl (C=O) groups excluding carboxylic acids is 1. The number of aromatic amines is 1. The van der Waals surface area contributed by atoms with E-state index >= 15 is 0 Å². The molecule has 0 atom stereocenters. The van der Waals surface area contributed by atoms with E-state index in [0.29, 0.717) is 17.1 Å². The first-order valence-corrected chi connectivity index (χ1v) is 6.76. The number of H-pyrrole nitrogens is 1.